The lowest BCUT2D eigenvalue weighted by Gasteiger charge is -2.45. The van der Waals surface area contributed by atoms with Gasteiger partial charge >= 0.3 is 0 Å². The molecule has 0 spiro atoms. The largest absolute Gasteiger partial charge is 0.496 e. The predicted molar refractivity (Wildman–Crippen MR) is 97.2 cm³/mol. The highest BCUT2D eigenvalue weighted by atomic mass is 16.5. The van der Waals surface area contributed by atoms with Crippen molar-refractivity contribution in [2.45, 2.75) is 70.8 Å². The van der Waals surface area contributed by atoms with E-state index in [-0.39, 0.29) is 11.5 Å². The summed E-state index contributed by atoms with van der Waals surface area (Å²) in [6.07, 6.45) is 3.41. The summed E-state index contributed by atoms with van der Waals surface area (Å²) in [5.41, 5.74) is 6.28. The summed E-state index contributed by atoms with van der Waals surface area (Å²) in [4.78, 5) is 0. The van der Waals surface area contributed by atoms with Gasteiger partial charge < -0.3 is 14.6 Å². The van der Waals surface area contributed by atoms with Crippen molar-refractivity contribution in [2.75, 3.05) is 14.2 Å². The van der Waals surface area contributed by atoms with Crippen LogP contribution in [0.2, 0.25) is 0 Å². The number of aliphatic hydroxyl groups is 1. The second-order valence-corrected chi connectivity index (χ2v) is 7.76. The van der Waals surface area contributed by atoms with Crippen LogP contribution < -0.4 is 9.47 Å². The van der Waals surface area contributed by atoms with Crippen LogP contribution in [0.3, 0.4) is 0 Å². The molecule has 2 aliphatic rings. The van der Waals surface area contributed by atoms with Crippen LogP contribution in [0, 0.1) is 0 Å². The Hall–Kier alpha value is -1.48. The van der Waals surface area contributed by atoms with E-state index in [4.69, 9.17) is 9.47 Å². The van der Waals surface area contributed by atoms with Gasteiger partial charge in [0.2, 0.25) is 0 Å². The van der Waals surface area contributed by atoms with Crippen LogP contribution in [0.4, 0.5) is 0 Å². The molecule has 1 aromatic carbocycles. The van der Waals surface area contributed by atoms with E-state index in [0.717, 1.165) is 42.8 Å². The summed E-state index contributed by atoms with van der Waals surface area (Å²) in [6.45, 7) is 8.79. The smallest absolute Gasteiger partial charge is 0.126 e. The van der Waals surface area contributed by atoms with E-state index in [1.54, 1.807) is 14.2 Å². The molecule has 0 heterocycles. The van der Waals surface area contributed by atoms with E-state index >= 15 is 0 Å². The molecule has 2 atom stereocenters. The zero-order chi connectivity index (χ0) is 17.6. The van der Waals surface area contributed by atoms with Crippen LogP contribution in [0.1, 0.15) is 69.6 Å². The fourth-order valence-corrected chi connectivity index (χ4v) is 4.82. The van der Waals surface area contributed by atoms with Crippen LogP contribution in [0.25, 0.3) is 0 Å². The molecule has 3 rings (SSSR count). The lowest BCUT2D eigenvalue weighted by Crippen LogP contribution is -2.38. The van der Waals surface area contributed by atoms with Crippen molar-refractivity contribution in [1.29, 1.82) is 0 Å². The van der Waals surface area contributed by atoms with Gasteiger partial charge in [-0.2, -0.15) is 0 Å². The predicted octanol–water partition coefficient (Wildman–Crippen LogP) is 4.50. The van der Waals surface area contributed by atoms with Gasteiger partial charge in [-0.05, 0) is 50.2 Å². The fraction of sp³-hybridized carbons (Fsp3) is 0.619. The molecule has 132 valence electrons. The number of rotatable bonds is 3. The molecule has 1 N–H and O–H groups in total. The van der Waals surface area contributed by atoms with Gasteiger partial charge in [0.05, 0.1) is 20.3 Å². The van der Waals surface area contributed by atoms with E-state index < -0.39 is 0 Å². The van der Waals surface area contributed by atoms with Crippen molar-refractivity contribution >= 4 is 0 Å². The van der Waals surface area contributed by atoms with Crippen molar-refractivity contribution < 1.29 is 14.6 Å². The third-order valence-corrected chi connectivity index (χ3v) is 6.15. The van der Waals surface area contributed by atoms with Gasteiger partial charge in [0.1, 0.15) is 11.5 Å². The third kappa shape index (κ3) is 2.36. The molecule has 0 amide bonds. The number of benzene rings is 1. The summed E-state index contributed by atoms with van der Waals surface area (Å²) in [5.74, 6) is 2.39. The van der Waals surface area contributed by atoms with Crippen molar-refractivity contribution in [2.24, 2.45) is 0 Å². The molecule has 0 aromatic heterocycles. The Morgan fingerprint density at radius 2 is 1.92 bits per heavy atom. The highest BCUT2D eigenvalue weighted by molar-refractivity contribution is 5.62. The number of hydrogen-bond donors (Lipinski definition) is 1. The lowest BCUT2D eigenvalue weighted by molar-refractivity contribution is 0.169. The van der Waals surface area contributed by atoms with Crippen LogP contribution >= 0.6 is 0 Å². The number of aliphatic hydroxyl groups excluding tert-OH is 1. The topological polar surface area (TPSA) is 38.7 Å². The standard InChI is InChI=1S/C21H30O3/c1-12(2)15-11-18(23-5)19-14(20(15)24-6)7-8-16-13(3)17(22)9-10-21(16,19)4/h11-12,17,22H,7-10H2,1-6H3/t17-,21-/m0/s1. The Morgan fingerprint density at radius 3 is 2.50 bits per heavy atom. The Labute approximate surface area is 145 Å². The zero-order valence-corrected chi connectivity index (χ0v) is 15.8. The molecular formula is C21H30O3. The molecule has 0 unspecified atom stereocenters. The number of ether oxygens (including phenoxy) is 2. The van der Waals surface area contributed by atoms with E-state index in [9.17, 15) is 5.11 Å². The van der Waals surface area contributed by atoms with Crippen molar-refractivity contribution in [3.8, 4) is 11.5 Å². The molecule has 0 fully saturated rings. The molecule has 3 heteroatoms. The average molecular weight is 330 g/mol. The maximum atomic E-state index is 10.3. The molecule has 24 heavy (non-hydrogen) atoms. The van der Waals surface area contributed by atoms with Crippen LogP contribution in [0.15, 0.2) is 17.2 Å². The van der Waals surface area contributed by atoms with Crippen LogP contribution in [-0.2, 0) is 11.8 Å². The minimum Gasteiger partial charge on any atom is -0.496 e. The molecule has 0 saturated heterocycles. The molecular weight excluding hydrogens is 300 g/mol. The average Bonchev–Trinajstić information content (AvgIpc) is 2.56. The first-order valence-corrected chi connectivity index (χ1v) is 9.01. The van der Waals surface area contributed by atoms with E-state index in [0.29, 0.717) is 5.92 Å². The maximum absolute atomic E-state index is 10.3. The molecule has 3 nitrogen and oxygen atoms in total. The maximum Gasteiger partial charge on any atom is 0.126 e. The van der Waals surface area contributed by atoms with Gasteiger partial charge in [-0.15, -0.1) is 0 Å². The third-order valence-electron chi connectivity index (χ3n) is 6.15. The number of methoxy groups -OCH3 is 2. The van der Waals surface area contributed by atoms with Gasteiger partial charge in [-0.3, -0.25) is 0 Å². The van der Waals surface area contributed by atoms with E-state index in [1.807, 2.05) is 0 Å². The van der Waals surface area contributed by atoms with E-state index in [2.05, 4.69) is 33.8 Å². The van der Waals surface area contributed by atoms with Gasteiger partial charge in [0.15, 0.2) is 0 Å². The lowest BCUT2D eigenvalue weighted by atomic mass is 9.60. The summed E-state index contributed by atoms with van der Waals surface area (Å²) in [7, 11) is 3.54. The first kappa shape index (κ1) is 17.3. The molecule has 2 aliphatic carbocycles. The normalized spacial score (nSPS) is 26.2. The Morgan fingerprint density at radius 1 is 1.21 bits per heavy atom. The molecule has 1 aromatic rings. The first-order chi connectivity index (χ1) is 11.3. The molecule has 0 aliphatic heterocycles. The Kier molecular flexibility index (Phi) is 4.41. The summed E-state index contributed by atoms with van der Waals surface area (Å²) < 4.78 is 11.7. The minimum absolute atomic E-state index is 0.0645. The summed E-state index contributed by atoms with van der Waals surface area (Å²) in [5, 5.41) is 10.3. The van der Waals surface area contributed by atoms with Gasteiger partial charge in [0, 0.05) is 22.1 Å². The first-order valence-electron chi connectivity index (χ1n) is 9.01. The van der Waals surface area contributed by atoms with Gasteiger partial charge in [-0.1, -0.05) is 26.3 Å². The van der Waals surface area contributed by atoms with Gasteiger partial charge in [-0.25, -0.2) is 0 Å². The second-order valence-electron chi connectivity index (χ2n) is 7.76. The Balaban J connectivity index is 2.31. The van der Waals surface area contributed by atoms with Crippen molar-refractivity contribution in [3.63, 3.8) is 0 Å². The monoisotopic (exact) mass is 330 g/mol. The SMILES string of the molecule is COc1cc(C(C)C)c(OC)c2c1[C@@]1(C)CC[C@H](O)C(C)=C1CC2. The molecule has 0 radical (unpaired) electrons. The van der Waals surface area contributed by atoms with Gasteiger partial charge in [0.25, 0.3) is 0 Å². The number of hydrogen-bond acceptors (Lipinski definition) is 3. The fourth-order valence-electron chi connectivity index (χ4n) is 4.82. The zero-order valence-electron chi connectivity index (χ0n) is 15.8. The van der Waals surface area contributed by atoms with Crippen molar-refractivity contribution in [1.82, 2.24) is 0 Å². The Bertz CT molecular complexity index is 687. The van der Waals surface area contributed by atoms with Crippen LogP contribution in [0.5, 0.6) is 11.5 Å². The highest BCUT2D eigenvalue weighted by Crippen LogP contribution is 2.55. The highest BCUT2D eigenvalue weighted by Gasteiger charge is 2.44. The molecule has 0 bridgehead atoms. The van der Waals surface area contributed by atoms with Crippen molar-refractivity contribution in [3.05, 3.63) is 33.9 Å². The number of allylic oxidation sites excluding steroid dienone is 1. The molecule has 0 saturated carbocycles. The summed E-state index contributed by atoms with van der Waals surface area (Å²) in [6, 6.07) is 2.16. The number of fused-ring (bicyclic) bond motifs is 3. The van der Waals surface area contributed by atoms with E-state index in [1.165, 1.54) is 22.3 Å². The van der Waals surface area contributed by atoms with Crippen LogP contribution in [-0.4, -0.2) is 25.4 Å². The second kappa shape index (κ2) is 6.11. The summed E-state index contributed by atoms with van der Waals surface area (Å²) >= 11 is 0. The quantitative estimate of drug-likeness (QED) is 0.829. The minimum atomic E-state index is -0.294.